The minimum absolute atomic E-state index is 0.0619. The zero-order valence-corrected chi connectivity index (χ0v) is 20.6. The number of hydrogen-bond acceptors (Lipinski definition) is 6. The number of benzene rings is 1. The second-order valence-electron chi connectivity index (χ2n) is 7.60. The van der Waals surface area contributed by atoms with Crippen molar-refractivity contribution in [1.82, 2.24) is 19.1 Å². The highest BCUT2D eigenvalue weighted by atomic mass is 127. The first kappa shape index (κ1) is 22.9. The second-order valence-corrected chi connectivity index (χ2v) is 11.1. The molecule has 3 aromatic rings. The van der Waals surface area contributed by atoms with Gasteiger partial charge in [0.05, 0.1) is 29.7 Å². The lowest BCUT2D eigenvalue weighted by atomic mass is 10.2. The maximum atomic E-state index is 13.3. The summed E-state index contributed by atoms with van der Waals surface area (Å²) in [5, 5.41) is 14.5. The molecule has 1 aromatic carbocycles. The lowest BCUT2D eigenvalue weighted by Gasteiger charge is -2.17. The van der Waals surface area contributed by atoms with E-state index in [1.165, 1.54) is 4.31 Å². The molecular weight excluding hydrogens is 547 g/mol. The van der Waals surface area contributed by atoms with E-state index < -0.39 is 16.0 Å². The largest absolute Gasteiger partial charge is 0.494 e. The van der Waals surface area contributed by atoms with Crippen molar-refractivity contribution in [2.45, 2.75) is 35.1 Å². The van der Waals surface area contributed by atoms with E-state index in [-0.39, 0.29) is 27.8 Å². The molecule has 3 heterocycles. The second kappa shape index (κ2) is 8.94. The monoisotopic (exact) mass is 570 g/mol. The first-order chi connectivity index (χ1) is 15.2. The summed E-state index contributed by atoms with van der Waals surface area (Å²) in [5.74, 6) is -0.359. The van der Waals surface area contributed by atoms with Gasteiger partial charge in [-0.25, -0.2) is 18.1 Å². The fourth-order valence-corrected chi connectivity index (χ4v) is 6.60. The first-order valence-corrected chi connectivity index (χ1v) is 12.8. The first-order valence-electron chi connectivity index (χ1n) is 10.1. The van der Waals surface area contributed by atoms with E-state index in [4.69, 9.17) is 4.74 Å². The van der Waals surface area contributed by atoms with Crippen LogP contribution in [0.1, 0.15) is 24.4 Å². The Hall–Kier alpha value is -2.25. The Morgan fingerprint density at radius 3 is 2.59 bits per heavy atom. The Morgan fingerprint density at radius 1 is 1.22 bits per heavy atom. The molecule has 0 spiro atoms. The molecule has 170 valence electrons. The van der Waals surface area contributed by atoms with Gasteiger partial charge in [-0.05, 0) is 50.2 Å². The van der Waals surface area contributed by atoms with Crippen molar-refractivity contribution >= 4 is 49.6 Å². The Kier molecular flexibility index (Phi) is 6.41. The summed E-state index contributed by atoms with van der Waals surface area (Å²) in [6, 6.07) is 9.77. The molecule has 0 unspecified atom stereocenters. The number of rotatable bonds is 7. The van der Waals surface area contributed by atoms with Crippen molar-refractivity contribution < 1.29 is 23.1 Å². The smallest absolute Gasteiger partial charge is 0.309 e. The number of halogens is 1. The van der Waals surface area contributed by atoms with Gasteiger partial charge < -0.3 is 9.84 Å². The Balaban J connectivity index is 1.66. The topological polar surface area (TPSA) is 115 Å². The average Bonchev–Trinajstić information content (AvgIpc) is 3.29. The van der Waals surface area contributed by atoms with Gasteiger partial charge in [0.15, 0.2) is 5.65 Å². The molecule has 32 heavy (non-hydrogen) atoms. The summed E-state index contributed by atoms with van der Waals surface area (Å²) in [4.78, 5) is 16.1. The molecule has 0 saturated carbocycles. The number of aliphatic carboxylic acids is 1. The van der Waals surface area contributed by atoms with Gasteiger partial charge in [-0.2, -0.15) is 9.40 Å². The van der Waals surface area contributed by atoms with Crippen LogP contribution < -0.4 is 4.74 Å². The van der Waals surface area contributed by atoms with E-state index in [1.807, 2.05) is 26.0 Å². The van der Waals surface area contributed by atoms with E-state index in [0.717, 1.165) is 5.69 Å². The summed E-state index contributed by atoms with van der Waals surface area (Å²) in [5.41, 5.74) is 1.78. The van der Waals surface area contributed by atoms with Gasteiger partial charge in [-0.1, -0.05) is 22.6 Å². The highest BCUT2D eigenvalue weighted by molar-refractivity contribution is 14.1. The lowest BCUT2D eigenvalue weighted by molar-refractivity contribution is -0.136. The van der Waals surface area contributed by atoms with Gasteiger partial charge in [-0.3, -0.25) is 4.79 Å². The lowest BCUT2D eigenvalue weighted by Crippen LogP contribution is -2.29. The Morgan fingerprint density at radius 2 is 1.94 bits per heavy atom. The average molecular weight is 570 g/mol. The minimum Gasteiger partial charge on any atom is -0.494 e. The van der Waals surface area contributed by atoms with Crippen molar-refractivity contribution in [2.75, 3.05) is 19.7 Å². The molecular formula is C21H23IN4O5S. The highest BCUT2D eigenvalue weighted by Gasteiger charge is 2.40. The number of carbonyl (C=O) groups is 1. The van der Waals surface area contributed by atoms with E-state index in [0.29, 0.717) is 35.6 Å². The molecule has 11 heteroatoms. The summed E-state index contributed by atoms with van der Waals surface area (Å²) < 4.78 is 35.0. The predicted octanol–water partition coefficient (Wildman–Crippen LogP) is 2.81. The van der Waals surface area contributed by atoms with E-state index in [2.05, 4.69) is 32.7 Å². The normalized spacial score (nSPS) is 19.5. The highest BCUT2D eigenvalue weighted by Crippen LogP contribution is 2.34. The maximum absolute atomic E-state index is 13.3. The molecule has 0 aliphatic carbocycles. The van der Waals surface area contributed by atoms with Crippen LogP contribution in [-0.2, 0) is 21.2 Å². The number of pyridine rings is 1. The number of aryl methyl sites for hydroxylation is 1. The molecule has 1 fully saturated rings. The standard InChI is InChI=1S/C21H23IN4O5S/c1-3-31-14-5-7-15(8-6-14)32(29,30)25-11-17(22)19(12-25)26-21-16(9-4-13(2)23-21)18(24-26)10-20(27)28/h4-9,17,19H,3,10-12H2,1-2H3,(H,27,28)/t17-,19+/m1/s1. The van der Waals surface area contributed by atoms with Gasteiger partial charge >= 0.3 is 5.97 Å². The summed E-state index contributed by atoms with van der Waals surface area (Å²) in [7, 11) is -3.70. The minimum atomic E-state index is -3.70. The number of carboxylic acid groups (broad SMARTS) is 1. The summed E-state index contributed by atoms with van der Waals surface area (Å²) >= 11 is 2.23. The third-order valence-corrected chi connectivity index (χ3v) is 8.43. The number of sulfonamides is 1. The van der Waals surface area contributed by atoms with E-state index in [9.17, 15) is 18.3 Å². The molecule has 1 aliphatic heterocycles. The molecule has 4 rings (SSSR count). The Bertz CT molecular complexity index is 1260. The van der Waals surface area contributed by atoms with Crippen LogP contribution in [0.2, 0.25) is 0 Å². The third-order valence-electron chi connectivity index (χ3n) is 5.36. The number of ether oxygens (including phenoxy) is 1. The van der Waals surface area contributed by atoms with Gasteiger partial charge in [0.25, 0.3) is 0 Å². The fourth-order valence-electron chi connectivity index (χ4n) is 3.84. The maximum Gasteiger partial charge on any atom is 0.309 e. The number of nitrogens with zero attached hydrogens (tertiary/aromatic N) is 4. The molecule has 1 N–H and O–H groups in total. The molecule has 1 aliphatic rings. The zero-order chi connectivity index (χ0) is 23.0. The van der Waals surface area contributed by atoms with Gasteiger partial charge in [0.1, 0.15) is 5.75 Å². The number of fused-ring (bicyclic) bond motifs is 1. The van der Waals surface area contributed by atoms with Gasteiger partial charge in [-0.15, -0.1) is 0 Å². The van der Waals surface area contributed by atoms with Crippen LogP contribution >= 0.6 is 22.6 Å². The zero-order valence-electron chi connectivity index (χ0n) is 17.6. The predicted molar refractivity (Wildman–Crippen MR) is 127 cm³/mol. The molecule has 2 aromatic heterocycles. The molecule has 9 nitrogen and oxygen atoms in total. The summed E-state index contributed by atoms with van der Waals surface area (Å²) in [6.45, 7) is 4.77. The van der Waals surface area contributed by atoms with Crippen molar-refractivity contribution in [1.29, 1.82) is 0 Å². The van der Waals surface area contributed by atoms with Crippen molar-refractivity contribution in [3.8, 4) is 5.75 Å². The third kappa shape index (κ3) is 4.33. The van der Waals surface area contributed by atoms with Crippen molar-refractivity contribution in [3.63, 3.8) is 0 Å². The molecule has 0 bridgehead atoms. The number of alkyl halides is 1. The van der Waals surface area contributed by atoms with E-state index >= 15 is 0 Å². The van der Waals surface area contributed by atoms with Gasteiger partial charge in [0, 0.05) is 28.1 Å². The van der Waals surface area contributed by atoms with Crippen LogP contribution in [0.25, 0.3) is 11.0 Å². The molecule has 0 radical (unpaired) electrons. The van der Waals surface area contributed by atoms with E-state index in [1.54, 1.807) is 28.9 Å². The van der Waals surface area contributed by atoms with Crippen LogP contribution in [0, 0.1) is 6.92 Å². The summed E-state index contributed by atoms with van der Waals surface area (Å²) in [6.07, 6.45) is -0.221. The van der Waals surface area contributed by atoms with Crippen LogP contribution in [-0.4, -0.2) is 62.2 Å². The van der Waals surface area contributed by atoms with Crippen LogP contribution in [0.5, 0.6) is 5.75 Å². The van der Waals surface area contributed by atoms with Crippen LogP contribution in [0.15, 0.2) is 41.3 Å². The number of aromatic nitrogens is 3. The quantitative estimate of drug-likeness (QED) is 0.343. The number of hydrogen-bond donors (Lipinski definition) is 1. The molecule has 0 amide bonds. The fraction of sp³-hybridized carbons (Fsp3) is 0.381. The molecule has 1 saturated heterocycles. The molecule has 2 atom stereocenters. The van der Waals surface area contributed by atoms with Gasteiger partial charge in [0.2, 0.25) is 10.0 Å². The van der Waals surface area contributed by atoms with Crippen molar-refractivity contribution in [3.05, 3.63) is 47.8 Å². The van der Waals surface area contributed by atoms with Crippen LogP contribution in [0.3, 0.4) is 0 Å². The Labute approximate surface area is 199 Å². The van der Waals surface area contributed by atoms with Crippen LogP contribution in [0.4, 0.5) is 0 Å². The number of carboxylic acids is 1. The van der Waals surface area contributed by atoms with Crippen molar-refractivity contribution in [2.24, 2.45) is 0 Å². The SMILES string of the molecule is CCOc1ccc(S(=O)(=O)N2C[C@@H](I)[C@@H](n3nc(CC(=O)O)c4ccc(C)nc43)C2)cc1.